The molecular formula is C14H16N2O. The van der Waals surface area contributed by atoms with Crippen LogP contribution in [0.15, 0.2) is 24.3 Å². The van der Waals surface area contributed by atoms with E-state index in [1.54, 1.807) is 0 Å². The molecule has 0 heterocycles. The Labute approximate surface area is 101 Å². The summed E-state index contributed by atoms with van der Waals surface area (Å²) in [5.74, 6) is -0.700. The molecule has 3 heteroatoms. The summed E-state index contributed by atoms with van der Waals surface area (Å²) in [6.07, 6.45) is 2.60. The highest BCUT2D eigenvalue weighted by molar-refractivity contribution is 5.81. The second-order valence-electron chi connectivity index (χ2n) is 4.66. The Morgan fingerprint density at radius 2 is 2.35 bits per heavy atom. The van der Waals surface area contributed by atoms with Gasteiger partial charge in [-0.15, -0.1) is 0 Å². The van der Waals surface area contributed by atoms with Crippen LogP contribution in [0.1, 0.15) is 24.0 Å². The van der Waals surface area contributed by atoms with Crippen molar-refractivity contribution in [3.8, 4) is 6.07 Å². The summed E-state index contributed by atoms with van der Waals surface area (Å²) in [6, 6.07) is 10.4. The minimum absolute atomic E-state index is 0.128. The highest BCUT2D eigenvalue weighted by atomic mass is 16.1. The topological polar surface area (TPSA) is 52.9 Å². The number of aryl methyl sites for hydroxylation is 1. The van der Waals surface area contributed by atoms with Crippen molar-refractivity contribution in [3.05, 3.63) is 35.4 Å². The molecule has 0 aliphatic heterocycles. The zero-order valence-corrected chi connectivity index (χ0v) is 9.94. The summed E-state index contributed by atoms with van der Waals surface area (Å²) < 4.78 is 0. The Bertz CT molecular complexity index is 458. The van der Waals surface area contributed by atoms with Gasteiger partial charge in [-0.25, -0.2) is 0 Å². The van der Waals surface area contributed by atoms with Crippen molar-refractivity contribution in [1.29, 1.82) is 5.26 Å². The molecule has 1 N–H and O–H groups in total. The van der Waals surface area contributed by atoms with Crippen LogP contribution in [-0.4, -0.2) is 11.9 Å². The first-order valence-electron chi connectivity index (χ1n) is 5.94. The number of hydrogen-bond donors (Lipinski definition) is 1. The van der Waals surface area contributed by atoms with Gasteiger partial charge in [0.25, 0.3) is 0 Å². The van der Waals surface area contributed by atoms with Crippen LogP contribution in [0.4, 0.5) is 0 Å². The van der Waals surface area contributed by atoms with E-state index < -0.39 is 5.92 Å². The van der Waals surface area contributed by atoms with Crippen molar-refractivity contribution < 1.29 is 4.79 Å². The summed E-state index contributed by atoms with van der Waals surface area (Å²) in [5.41, 5.74) is 2.20. The number of benzene rings is 1. The van der Waals surface area contributed by atoms with Gasteiger partial charge in [0, 0.05) is 6.04 Å². The Hall–Kier alpha value is -1.82. The van der Waals surface area contributed by atoms with Gasteiger partial charge in [0.1, 0.15) is 5.92 Å². The Morgan fingerprint density at radius 1 is 1.59 bits per heavy atom. The predicted octanol–water partition coefficient (Wildman–Crippen LogP) is 1.96. The smallest absolute Gasteiger partial charge is 0.237 e. The van der Waals surface area contributed by atoms with E-state index in [4.69, 9.17) is 5.26 Å². The van der Waals surface area contributed by atoms with E-state index in [9.17, 15) is 4.79 Å². The highest BCUT2D eigenvalue weighted by Gasteiger charge is 2.27. The third-order valence-electron chi connectivity index (χ3n) is 2.92. The first kappa shape index (κ1) is 11.7. The minimum Gasteiger partial charge on any atom is -0.352 e. The number of hydrogen-bond acceptors (Lipinski definition) is 2. The molecule has 0 spiro atoms. The first-order valence-corrected chi connectivity index (χ1v) is 5.94. The minimum atomic E-state index is -0.572. The molecule has 0 bridgehead atoms. The molecule has 1 fully saturated rings. The zero-order valence-electron chi connectivity index (χ0n) is 9.94. The Balaban J connectivity index is 1.99. The summed E-state index contributed by atoms with van der Waals surface area (Å²) in [7, 11) is 0. The van der Waals surface area contributed by atoms with Gasteiger partial charge in [-0.05, 0) is 31.7 Å². The van der Waals surface area contributed by atoms with Crippen LogP contribution in [0.25, 0.3) is 0 Å². The van der Waals surface area contributed by atoms with Crippen molar-refractivity contribution in [3.63, 3.8) is 0 Å². The number of carbonyl (C=O) groups excluding carboxylic acids is 1. The van der Waals surface area contributed by atoms with Gasteiger partial charge in [0.15, 0.2) is 0 Å². The molecule has 1 aromatic carbocycles. The normalized spacial score (nSPS) is 16.0. The largest absolute Gasteiger partial charge is 0.352 e. The highest BCUT2D eigenvalue weighted by Crippen LogP contribution is 2.20. The first-order chi connectivity index (χ1) is 8.19. The van der Waals surface area contributed by atoms with Crippen LogP contribution in [0.3, 0.4) is 0 Å². The van der Waals surface area contributed by atoms with Crippen molar-refractivity contribution in [2.45, 2.75) is 32.2 Å². The number of nitriles is 1. The second kappa shape index (κ2) is 5.01. The van der Waals surface area contributed by atoms with Gasteiger partial charge in [-0.2, -0.15) is 5.26 Å². The van der Waals surface area contributed by atoms with Gasteiger partial charge >= 0.3 is 0 Å². The average Bonchev–Trinajstić information content (AvgIpc) is 3.09. The molecule has 2 rings (SSSR count). The van der Waals surface area contributed by atoms with Crippen LogP contribution >= 0.6 is 0 Å². The molecule has 17 heavy (non-hydrogen) atoms. The number of amides is 1. The molecule has 1 aliphatic carbocycles. The van der Waals surface area contributed by atoms with E-state index in [0.717, 1.165) is 24.0 Å². The molecule has 1 aromatic rings. The molecule has 0 aromatic heterocycles. The van der Waals surface area contributed by atoms with Gasteiger partial charge in [-0.1, -0.05) is 29.8 Å². The summed E-state index contributed by atoms with van der Waals surface area (Å²) in [4.78, 5) is 11.8. The summed E-state index contributed by atoms with van der Waals surface area (Å²) >= 11 is 0. The van der Waals surface area contributed by atoms with Gasteiger partial charge in [0.2, 0.25) is 5.91 Å². The average molecular weight is 228 g/mol. The van der Waals surface area contributed by atoms with Crippen LogP contribution in [0.5, 0.6) is 0 Å². The number of nitrogens with one attached hydrogen (secondary N) is 1. The van der Waals surface area contributed by atoms with E-state index in [0.29, 0.717) is 12.5 Å². The lowest BCUT2D eigenvalue weighted by molar-refractivity contribution is -0.123. The molecule has 0 saturated heterocycles. The van der Waals surface area contributed by atoms with Crippen molar-refractivity contribution in [1.82, 2.24) is 5.32 Å². The summed E-state index contributed by atoms with van der Waals surface area (Å²) in [5, 5.41) is 11.9. The third kappa shape index (κ3) is 3.32. The fraction of sp³-hybridized carbons (Fsp3) is 0.429. The standard InChI is InChI=1S/C14H16N2O/c1-10-3-2-4-11(7-10)8-12(9-15)14(17)16-13-5-6-13/h2-4,7,12-13H,5-6,8H2,1H3,(H,16,17). The number of nitrogens with zero attached hydrogens (tertiary/aromatic N) is 1. The van der Waals surface area contributed by atoms with Gasteiger partial charge < -0.3 is 5.32 Å². The van der Waals surface area contributed by atoms with Crippen molar-refractivity contribution >= 4 is 5.91 Å². The van der Waals surface area contributed by atoms with Gasteiger partial charge in [0.05, 0.1) is 6.07 Å². The molecule has 0 radical (unpaired) electrons. The second-order valence-corrected chi connectivity index (χ2v) is 4.66. The fourth-order valence-corrected chi connectivity index (χ4v) is 1.80. The van der Waals surface area contributed by atoms with E-state index in [1.165, 1.54) is 0 Å². The van der Waals surface area contributed by atoms with E-state index in [1.807, 2.05) is 31.2 Å². The number of rotatable bonds is 4. The van der Waals surface area contributed by atoms with Crippen LogP contribution < -0.4 is 5.32 Å². The van der Waals surface area contributed by atoms with Crippen molar-refractivity contribution in [2.75, 3.05) is 0 Å². The lowest BCUT2D eigenvalue weighted by Crippen LogP contribution is -2.32. The quantitative estimate of drug-likeness (QED) is 0.856. The molecule has 1 unspecified atom stereocenters. The number of carbonyl (C=O) groups is 1. The molecule has 1 amide bonds. The fourth-order valence-electron chi connectivity index (χ4n) is 1.80. The maximum atomic E-state index is 11.8. The lowest BCUT2D eigenvalue weighted by Gasteiger charge is -2.10. The third-order valence-corrected chi connectivity index (χ3v) is 2.92. The molecule has 1 saturated carbocycles. The lowest BCUT2D eigenvalue weighted by atomic mass is 9.98. The predicted molar refractivity (Wildman–Crippen MR) is 65.2 cm³/mol. The van der Waals surface area contributed by atoms with E-state index in [-0.39, 0.29) is 5.91 Å². The van der Waals surface area contributed by atoms with Crippen LogP contribution in [0.2, 0.25) is 0 Å². The van der Waals surface area contributed by atoms with E-state index >= 15 is 0 Å². The Kier molecular flexibility index (Phi) is 3.43. The molecule has 3 nitrogen and oxygen atoms in total. The Morgan fingerprint density at radius 3 is 2.94 bits per heavy atom. The van der Waals surface area contributed by atoms with Gasteiger partial charge in [-0.3, -0.25) is 4.79 Å². The molecule has 1 aliphatic rings. The SMILES string of the molecule is Cc1cccc(CC(C#N)C(=O)NC2CC2)c1. The summed E-state index contributed by atoms with van der Waals surface area (Å²) in [6.45, 7) is 2.01. The monoisotopic (exact) mass is 228 g/mol. The van der Waals surface area contributed by atoms with Crippen LogP contribution in [-0.2, 0) is 11.2 Å². The van der Waals surface area contributed by atoms with Crippen molar-refractivity contribution in [2.24, 2.45) is 5.92 Å². The maximum Gasteiger partial charge on any atom is 0.237 e. The zero-order chi connectivity index (χ0) is 12.3. The van der Waals surface area contributed by atoms with Crippen LogP contribution in [0, 0.1) is 24.2 Å². The molecule has 88 valence electrons. The van der Waals surface area contributed by atoms with E-state index in [2.05, 4.69) is 11.4 Å². The molecule has 1 atom stereocenters. The molecular weight excluding hydrogens is 212 g/mol. The maximum absolute atomic E-state index is 11.8.